The third-order valence-corrected chi connectivity index (χ3v) is 5.62. The van der Waals surface area contributed by atoms with Crippen molar-refractivity contribution in [2.75, 3.05) is 11.9 Å². The molecule has 1 aliphatic rings. The largest absolute Gasteiger partial charge is 0.416 e. The van der Waals surface area contributed by atoms with Crippen LogP contribution in [-0.4, -0.2) is 28.5 Å². The van der Waals surface area contributed by atoms with Crippen LogP contribution in [0, 0.1) is 6.92 Å². The summed E-state index contributed by atoms with van der Waals surface area (Å²) < 4.78 is 38.5. The minimum atomic E-state index is -4.59. The van der Waals surface area contributed by atoms with Crippen LogP contribution < -0.4 is 5.32 Å². The number of amides is 3. The molecule has 0 atom stereocenters. The third-order valence-electron chi connectivity index (χ3n) is 4.38. The predicted octanol–water partition coefficient (Wildman–Crippen LogP) is 5.73. The van der Waals surface area contributed by atoms with Crippen molar-refractivity contribution in [3.8, 4) is 0 Å². The van der Waals surface area contributed by atoms with E-state index in [2.05, 4.69) is 5.32 Å². The molecule has 0 spiro atoms. The Morgan fingerprint density at radius 3 is 2.48 bits per heavy atom. The van der Waals surface area contributed by atoms with Crippen LogP contribution in [0.1, 0.15) is 23.1 Å². The molecule has 1 aliphatic heterocycles. The zero-order chi connectivity index (χ0) is 22.8. The quantitative estimate of drug-likeness (QED) is 0.569. The lowest BCUT2D eigenvalue weighted by atomic mass is 10.1. The second kappa shape index (κ2) is 9.15. The van der Waals surface area contributed by atoms with Crippen LogP contribution in [0.2, 0.25) is 5.02 Å². The molecular formula is C21H16ClF3N2O3S. The molecule has 0 aromatic heterocycles. The molecule has 0 radical (unpaired) electrons. The first-order valence-electron chi connectivity index (χ1n) is 9.03. The van der Waals surface area contributed by atoms with E-state index in [0.29, 0.717) is 0 Å². The van der Waals surface area contributed by atoms with Gasteiger partial charge >= 0.3 is 6.18 Å². The van der Waals surface area contributed by atoms with E-state index in [1.54, 1.807) is 6.08 Å². The number of hydrogen-bond donors (Lipinski definition) is 1. The smallest absolute Gasteiger partial charge is 0.325 e. The zero-order valence-electron chi connectivity index (χ0n) is 16.1. The van der Waals surface area contributed by atoms with E-state index in [4.69, 9.17) is 11.6 Å². The number of rotatable bonds is 5. The number of halogens is 4. The van der Waals surface area contributed by atoms with Crippen LogP contribution in [0.5, 0.6) is 0 Å². The van der Waals surface area contributed by atoms with Gasteiger partial charge in [0.1, 0.15) is 0 Å². The fourth-order valence-corrected chi connectivity index (χ4v) is 3.76. The highest BCUT2D eigenvalue weighted by Crippen LogP contribution is 2.34. The number of nitrogens with zero attached hydrogens (tertiary/aromatic N) is 1. The Morgan fingerprint density at radius 2 is 1.84 bits per heavy atom. The Bertz CT molecular complexity index is 1070. The molecule has 0 bridgehead atoms. The Hall–Kier alpha value is -2.78. The summed E-state index contributed by atoms with van der Waals surface area (Å²) in [5.41, 5.74) is 0.652. The molecule has 0 saturated carbocycles. The molecule has 3 rings (SSSR count). The molecule has 0 aliphatic carbocycles. The number of aryl methyl sites for hydroxylation is 1. The van der Waals surface area contributed by atoms with Gasteiger partial charge in [0.2, 0.25) is 5.91 Å². The second-order valence-corrected chi connectivity index (χ2v) is 8.13. The average molecular weight is 469 g/mol. The lowest BCUT2D eigenvalue weighted by Gasteiger charge is -2.14. The summed E-state index contributed by atoms with van der Waals surface area (Å²) >= 11 is 6.62. The van der Waals surface area contributed by atoms with Crippen LogP contribution >= 0.6 is 23.4 Å². The number of imide groups is 1. The highest BCUT2D eigenvalue weighted by molar-refractivity contribution is 8.18. The van der Waals surface area contributed by atoms with Crippen LogP contribution in [0.4, 0.5) is 23.7 Å². The highest BCUT2D eigenvalue weighted by atomic mass is 35.5. The van der Waals surface area contributed by atoms with E-state index in [0.717, 1.165) is 46.0 Å². The summed E-state index contributed by atoms with van der Waals surface area (Å²) in [7, 11) is 0. The SMILES string of the molecule is Cc1ccc(/C=C2\SC(=O)N(CCC(=O)Nc3cc(C(F)(F)F)ccc3Cl)C2=O)cc1. The Labute approximate surface area is 185 Å². The number of benzene rings is 2. The summed E-state index contributed by atoms with van der Waals surface area (Å²) in [6.07, 6.45) is -3.29. The highest BCUT2D eigenvalue weighted by Gasteiger charge is 2.35. The molecule has 0 unspecified atom stereocenters. The lowest BCUT2D eigenvalue weighted by Crippen LogP contribution is -2.31. The van der Waals surface area contributed by atoms with Crippen LogP contribution in [0.25, 0.3) is 6.08 Å². The number of nitrogens with one attached hydrogen (secondary N) is 1. The van der Waals surface area contributed by atoms with Crippen molar-refractivity contribution in [2.24, 2.45) is 0 Å². The first-order valence-corrected chi connectivity index (χ1v) is 10.2. The Kier molecular flexibility index (Phi) is 6.76. The minimum absolute atomic E-state index is 0.0615. The maximum absolute atomic E-state index is 12.8. The molecule has 10 heteroatoms. The summed E-state index contributed by atoms with van der Waals surface area (Å²) in [4.78, 5) is 38.0. The van der Waals surface area contributed by atoms with Crippen molar-refractivity contribution in [3.05, 3.63) is 69.1 Å². The standard InChI is InChI=1S/C21H16ClF3N2O3S/c1-12-2-4-13(5-3-12)10-17-19(29)27(20(30)31-17)9-8-18(28)26-16-11-14(21(23,24)25)6-7-15(16)22/h2-7,10-11H,8-9H2,1H3,(H,26,28)/b17-10-. The molecule has 1 saturated heterocycles. The van der Waals surface area contributed by atoms with E-state index in [1.807, 2.05) is 31.2 Å². The summed E-state index contributed by atoms with van der Waals surface area (Å²) in [5, 5.41) is 1.71. The van der Waals surface area contributed by atoms with Crippen LogP contribution in [0.15, 0.2) is 47.4 Å². The molecule has 2 aromatic carbocycles. The Balaban J connectivity index is 1.63. The fourth-order valence-electron chi connectivity index (χ4n) is 2.73. The van der Waals surface area contributed by atoms with Gasteiger partial charge in [-0.15, -0.1) is 0 Å². The Morgan fingerprint density at radius 1 is 1.16 bits per heavy atom. The number of thioether (sulfide) groups is 1. The fraction of sp³-hybridized carbons (Fsp3) is 0.190. The van der Waals surface area contributed by atoms with Crippen molar-refractivity contribution in [2.45, 2.75) is 19.5 Å². The molecule has 31 heavy (non-hydrogen) atoms. The summed E-state index contributed by atoms with van der Waals surface area (Å²) in [6.45, 7) is 1.72. The van der Waals surface area contributed by atoms with Gasteiger partial charge in [-0.25, -0.2) is 0 Å². The molecule has 5 nitrogen and oxygen atoms in total. The number of anilines is 1. The van der Waals surface area contributed by atoms with Crippen molar-refractivity contribution in [3.63, 3.8) is 0 Å². The summed E-state index contributed by atoms with van der Waals surface area (Å²) in [6, 6.07) is 9.94. The minimum Gasteiger partial charge on any atom is -0.325 e. The van der Waals surface area contributed by atoms with Crippen LogP contribution in [-0.2, 0) is 15.8 Å². The van der Waals surface area contributed by atoms with Gasteiger partial charge in [-0.05, 0) is 48.5 Å². The van der Waals surface area contributed by atoms with Crippen molar-refractivity contribution in [1.29, 1.82) is 0 Å². The van der Waals surface area contributed by atoms with Gasteiger partial charge in [-0.1, -0.05) is 41.4 Å². The molecule has 2 aromatic rings. The van der Waals surface area contributed by atoms with E-state index >= 15 is 0 Å². The number of carbonyl (C=O) groups is 3. The summed E-state index contributed by atoms with van der Waals surface area (Å²) in [5.74, 6) is -1.21. The molecule has 162 valence electrons. The van der Waals surface area contributed by atoms with Gasteiger partial charge in [0.15, 0.2) is 0 Å². The van der Waals surface area contributed by atoms with Crippen molar-refractivity contribution < 1.29 is 27.6 Å². The van der Waals surface area contributed by atoms with Gasteiger partial charge in [0.05, 0.1) is 21.2 Å². The van der Waals surface area contributed by atoms with E-state index in [1.165, 1.54) is 0 Å². The monoisotopic (exact) mass is 468 g/mol. The topological polar surface area (TPSA) is 66.5 Å². The number of carbonyl (C=O) groups excluding carboxylic acids is 3. The van der Waals surface area contributed by atoms with E-state index in [-0.39, 0.29) is 28.6 Å². The second-order valence-electron chi connectivity index (χ2n) is 6.73. The number of hydrogen-bond acceptors (Lipinski definition) is 4. The maximum atomic E-state index is 12.8. The number of alkyl halides is 3. The lowest BCUT2D eigenvalue weighted by molar-refractivity contribution is -0.137. The first-order chi connectivity index (χ1) is 14.5. The van der Waals surface area contributed by atoms with E-state index < -0.39 is 28.8 Å². The van der Waals surface area contributed by atoms with E-state index in [9.17, 15) is 27.6 Å². The van der Waals surface area contributed by atoms with Gasteiger partial charge in [0.25, 0.3) is 11.1 Å². The van der Waals surface area contributed by atoms with Crippen LogP contribution in [0.3, 0.4) is 0 Å². The van der Waals surface area contributed by atoms with Crippen molar-refractivity contribution >= 4 is 52.2 Å². The molecule has 3 amide bonds. The third kappa shape index (κ3) is 5.68. The van der Waals surface area contributed by atoms with Gasteiger partial charge in [-0.2, -0.15) is 13.2 Å². The average Bonchev–Trinajstić information content (AvgIpc) is 2.95. The molecule has 1 heterocycles. The van der Waals surface area contributed by atoms with Gasteiger partial charge < -0.3 is 5.32 Å². The van der Waals surface area contributed by atoms with Gasteiger partial charge in [-0.3, -0.25) is 19.3 Å². The molecule has 1 fully saturated rings. The predicted molar refractivity (Wildman–Crippen MR) is 114 cm³/mol. The molecule has 1 N–H and O–H groups in total. The van der Waals surface area contributed by atoms with Gasteiger partial charge in [0, 0.05) is 13.0 Å². The molecular weight excluding hydrogens is 453 g/mol. The van der Waals surface area contributed by atoms with Crippen molar-refractivity contribution in [1.82, 2.24) is 4.90 Å². The first kappa shape index (κ1) is 22.9. The normalized spacial score (nSPS) is 15.6. The zero-order valence-corrected chi connectivity index (χ0v) is 17.7. The maximum Gasteiger partial charge on any atom is 0.416 e.